The van der Waals surface area contributed by atoms with Gasteiger partial charge in [-0.3, -0.25) is 0 Å². The van der Waals surface area contributed by atoms with Gasteiger partial charge >= 0.3 is 0 Å². The molecule has 0 aromatic heterocycles. The third-order valence-electron chi connectivity index (χ3n) is 5.61. The van der Waals surface area contributed by atoms with E-state index in [0.717, 1.165) is 24.2 Å². The molecular weight excluding hydrogens is 215 g/mol. The van der Waals surface area contributed by atoms with Crippen LogP contribution in [0.2, 0.25) is 17.5 Å². The Morgan fingerprint density at radius 2 is 1.06 bits per heavy atom. The summed E-state index contributed by atoms with van der Waals surface area (Å²) in [6.45, 7) is 0.973. The van der Waals surface area contributed by atoms with E-state index in [1.165, 1.54) is 64.2 Å². The van der Waals surface area contributed by atoms with Gasteiger partial charge in [0.15, 0.2) is 6.71 Å². The van der Waals surface area contributed by atoms with Gasteiger partial charge in [-0.05, 0) is 5.82 Å². The molecule has 0 saturated heterocycles. The molecule has 98 valence electrons. The van der Waals surface area contributed by atoms with Crippen molar-refractivity contribution in [2.45, 2.75) is 81.7 Å². The van der Waals surface area contributed by atoms with Crippen LogP contribution in [0.4, 0.5) is 0 Å². The Labute approximate surface area is 113 Å². The van der Waals surface area contributed by atoms with Gasteiger partial charge in [0.2, 0.25) is 0 Å². The van der Waals surface area contributed by atoms with Crippen LogP contribution in [-0.2, 0) is 0 Å². The van der Waals surface area contributed by atoms with E-state index < -0.39 is 0 Å². The van der Waals surface area contributed by atoms with Crippen LogP contribution in [0.5, 0.6) is 0 Å². The second-order valence-electron chi connectivity index (χ2n) is 6.72. The standard InChI is InChI=1S/C17H27B/c1-3-9-15(10-4-1)18(17-13-7-8-14-17)16-11-5-2-6-12-16/h7-8,13-17H,1-6,9-12H2. The molecule has 0 radical (unpaired) electrons. The molecule has 18 heavy (non-hydrogen) atoms. The summed E-state index contributed by atoms with van der Waals surface area (Å²) in [4.78, 5) is 0. The summed E-state index contributed by atoms with van der Waals surface area (Å²) < 4.78 is 0. The molecule has 0 amide bonds. The molecule has 2 saturated carbocycles. The summed E-state index contributed by atoms with van der Waals surface area (Å²) in [7, 11) is 0. The van der Waals surface area contributed by atoms with E-state index in [1.807, 2.05) is 0 Å². The highest BCUT2D eigenvalue weighted by Crippen LogP contribution is 2.47. The first-order valence-electron chi connectivity index (χ1n) is 8.30. The SMILES string of the molecule is C1=CC(B(C2CCCCC2)C2CCCCC2)C=C1. The first-order chi connectivity index (χ1) is 8.95. The zero-order chi connectivity index (χ0) is 12.2. The Hall–Kier alpha value is -0.455. The lowest BCUT2D eigenvalue weighted by molar-refractivity contribution is 0.459. The monoisotopic (exact) mass is 242 g/mol. The van der Waals surface area contributed by atoms with Crippen LogP contribution in [0.25, 0.3) is 0 Å². The molecule has 3 aliphatic carbocycles. The van der Waals surface area contributed by atoms with E-state index in [0.29, 0.717) is 0 Å². The lowest BCUT2D eigenvalue weighted by atomic mass is 9.25. The fourth-order valence-electron chi connectivity index (χ4n) is 4.76. The van der Waals surface area contributed by atoms with Crippen molar-refractivity contribution >= 4 is 6.71 Å². The van der Waals surface area contributed by atoms with Gasteiger partial charge in [0, 0.05) is 0 Å². The van der Waals surface area contributed by atoms with Gasteiger partial charge in [-0.1, -0.05) is 100 Å². The smallest absolute Gasteiger partial charge is 0.0849 e. The second-order valence-corrected chi connectivity index (χ2v) is 6.72. The first kappa shape index (κ1) is 12.6. The number of rotatable bonds is 3. The summed E-state index contributed by atoms with van der Waals surface area (Å²) in [5.41, 5.74) is 0. The van der Waals surface area contributed by atoms with E-state index in [4.69, 9.17) is 0 Å². The summed E-state index contributed by atoms with van der Waals surface area (Å²) in [6, 6.07) is 0. The summed E-state index contributed by atoms with van der Waals surface area (Å²) in [5.74, 6) is 2.83. The summed E-state index contributed by atoms with van der Waals surface area (Å²) >= 11 is 0. The van der Waals surface area contributed by atoms with Gasteiger partial charge in [0.05, 0.1) is 0 Å². The van der Waals surface area contributed by atoms with Crippen LogP contribution < -0.4 is 0 Å². The molecule has 0 bridgehead atoms. The molecule has 0 unspecified atom stereocenters. The molecule has 3 rings (SSSR count). The van der Waals surface area contributed by atoms with Crippen LogP contribution in [0.15, 0.2) is 24.3 Å². The molecule has 1 heteroatoms. The predicted molar refractivity (Wildman–Crippen MR) is 81.5 cm³/mol. The molecule has 3 aliphatic rings. The third-order valence-corrected chi connectivity index (χ3v) is 5.61. The minimum atomic E-state index is 0.774. The van der Waals surface area contributed by atoms with E-state index >= 15 is 0 Å². The topological polar surface area (TPSA) is 0 Å². The Bertz CT molecular complexity index is 276. The zero-order valence-electron chi connectivity index (χ0n) is 11.7. The number of hydrogen-bond donors (Lipinski definition) is 0. The second kappa shape index (κ2) is 6.13. The normalized spacial score (nSPS) is 26.9. The van der Waals surface area contributed by atoms with Crippen molar-refractivity contribution in [3.8, 4) is 0 Å². The highest BCUT2D eigenvalue weighted by atomic mass is 14.2. The van der Waals surface area contributed by atoms with Crippen molar-refractivity contribution in [2.75, 3.05) is 0 Å². The van der Waals surface area contributed by atoms with E-state index in [2.05, 4.69) is 24.3 Å². The van der Waals surface area contributed by atoms with Gasteiger partial charge < -0.3 is 0 Å². The quantitative estimate of drug-likeness (QED) is 0.561. The molecule has 0 aromatic carbocycles. The highest BCUT2D eigenvalue weighted by Gasteiger charge is 2.38. The van der Waals surface area contributed by atoms with Crippen molar-refractivity contribution in [2.24, 2.45) is 0 Å². The van der Waals surface area contributed by atoms with Crippen molar-refractivity contribution in [1.29, 1.82) is 0 Å². The fraction of sp³-hybridized carbons (Fsp3) is 0.765. The molecule has 0 N–H and O–H groups in total. The summed E-state index contributed by atoms with van der Waals surface area (Å²) in [5, 5.41) is 0. The van der Waals surface area contributed by atoms with Crippen LogP contribution in [0.3, 0.4) is 0 Å². The van der Waals surface area contributed by atoms with Crippen LogP contribution in [-0.4, -0.2) is 6.71 Å². The number of allylic oxidation sites excluding steroid dienone is 4. The number of hydrogen-bond acceptors (Lipinski definition) is 0. The largest absolute Gasteiger partial charge is 0.158 e. The molecule has 0 spiro atoms. The fourth-order valence-corrected chi connectivity index (χ4v) is 4.76. The van der Waals surface area contributed by atoms with Gasteiger partial charge in [0.1, 0.15) is 0 Å². The lowest BCUT2D eigenvalue weighted by Crippen LogP contribution is -2.33. The van der Waals surface area contributed by atoms with E-state index in [9.17, 15) is 0 Å². The van der Waals surface area contributed by atoms with Crippen molar-refractivity contribution in [3.05, 3.63) is 24.3 Å². The van der Waals surface area contributed by atoms with Crippen molar-refractivity contribution < 1.29 is 0 Å². The Kier molecular flexibility index (Phi) is 4.28. The lowest BCUT2D eigenvalue weighted by Gasteiger charge is -2.38. The van der Waals surface area contributed by atoms with E-state index in [1.54, 1.807) is 0 Å². The Morgan fingerprint density at radius 1 is 0.611 bits per heavy atom. The maximum absolute atomic E-state index is 2.48. The van der Waals surface area contributed by atoms with Crippen LogP contribution in [0, 0.1) is 0 Å². The maximum Gasteiger partial charge on any atom is 0.158 e. The third kappa shape index (κ3) is 2.76. The minimum Gasteiger partial charge on any atom is -0.0849 e. The predicted octanol–water partition coefficient (Wildman–Crippen LogP) is 5.65. The first-order valence-corrected chi connectivity index (χ1v) is 8.30. The van der Waals surface area contributed by atoms with Crippen molar-refractivity contribution in [3.63, 3.8) is 0 Å². The summed E-state index contributed by atoms with van der Waals surface area (Å²) in [6.07, 6.45) is 24.5. The van der Waals surface area contributed by atoms with Crippen LogP contribution in [0.1, 0.15) is 64.2 Å². The molecule has 0 atom stereocenters. The van der Waals surface area contributed by atoms with Gasteiger partial charge in [-0.25, -0.2) is 0 Å². The van der Waals surface area contributed by atoms with Gasteiger partial charge in [0.25, 0.3) is 0 Å². The zero-order valence-corrected chi connectivity index (χ0v) is 11.7. The molecule has 0 heterocycles. The molecule has 0 aromatic rings. The van der Waals surface area contributed by atoms with Crippen molar-refractivity contribution in [1.82, 2.24) is 0 Å². The van der Waals surface area contributed by atoms with Crippen LogP contribution >= 0.6 is 0 Å². The molecule has 0 aliphatic heterocycles. The van der Waals surface area contributed by atoms with Gasteiger partial charge in [-0.2, -0.15) is 0 Å². The van der Waals surface area contributed by atoms with E-state index in [-0.39, 0.29) is 0 Å². The minimum absolute atomic E-state index is 0.774. The average molecular weight is 242 g/mol. The Morgan fingerprint density at radius 3 is 1.50 bits per heavy atom. The molecular formula is C17H27B. The van der Waals surface area contributed by atoms with Gasteiger partial charge in [-0.15, -0.1) is 0 Å². The average Bonchev–Trinajstić information content (AvgIpc) is 2.95. The Balaban J connectivity index is 1.73. The molecule has 0 nitrogen and oxygen atoms in total. The maximum atomic E-state index is 2.48. The highest BCUT2D eigenvalue weighted by molar-refractivity contribution is 6.65. The molecule has 2 fully saturated rings.